The molecule has 7 nitrogen and oxygen atoms in total. The number of hydrogen-bond donors (Lipinski definition) is 3. The quantitative estimate of drug-likeness (QED) is 0.347. The van der Waals surface area contributed by atoms with E-state index in [0.29, 0.717) is 0 Å². The highest BCUT2D eigenvalue weighted by Crippen LogP contribution is 2.18. The number of nitrogens with one attached hydrogen (secondary N) is 1. The summed E-state index contributed by atoms with van der Waals surface area (Å²) in [5.74, 6) is -0.749. The van der Waals surface area contributed by atoms with Crippen LogP contribution >= 0.6 is 0 Å². The number of ketones is 1. The minimum Gasteiger partial charge on any atom is -0.346 e. The molecule has 8 heteroatoms. The Morgan fingerprint density at radius 2 is 1.89 bits per heavy atom. The maximum Gasteiger partial charge on any atom is 0.291 e. The Bertz CT molecular complexity index is 506. The van der Waals surface area contributed by atoms with Gasteiger partial charge in [0.25, 0.3) is 10.1 Å². The van der Waals surface area contributed by atoms with E-state index >= 15 is 0 Å². The Morgan fingerprint density at radius 3 is 2.28 bits per heavy atom. The third-order valence-electron chi connectivity index (χ3n) is 2.31. The summed E-state index contributed by atoms with van der Waals surface area (Å²) in [6.07, 6.45) is 4.55. The second-order valence-corrected chi connectivity index (χ2v) is 5.68. The number of Topliss-reactive ketones (excluding diaryl/α,β-unsaturated/α-hetero) is 1. The van der Waals surface area contributed by atoms with Gasteiger partial charge in [0.2, 0.25) is 5.91 Å². The molecule has 0 bridgehead atoms. The van der Waals surface area contributed by atoms with Gasteiger partial charge in [0.1, 0.15) is 5.78 Å². The van der Waals surface area contributed by atoms with Crippen LogP contribution < -0.4 is 11.1 Å². The van der Waals surface area contributed by atoms with Gasteiger partial charge >= 0.3 is 0 Å². The number of carbonyl (C=O) groups excluding carboxylic acids is 2. The first-order valence-corrected chi connectivity index (χ1v) is 6.51. The maximum absolute atomic E-state index is 11.3. The molecule has 0 aromatic carbocycles. The van der Waals surface area contributed by atoms with Gasteiger partial charge in [0, 0.05) is 0 Å². The molecule has 0 atom stereocenters. The summed E-state index contributed by atoms with van der Waals surface area (Å²) in [5, 5.41) is 2.47. The van der Waals surface area contributed by atoms with Gasteiger partial charge < -0.3 is 11.1 Å². The predicted octanol–water partition coefficient (Wildman–Crippen LogP) is -0.881. The molecule has 0 fully saturated rings. The van der Waals surface area contributed by atoms with Crippen LogP contribution in [0.2, 0.25) is 0 Å². The van der Waals surface area contributed by atoms with Crippen LogP contribution in [0, 0.1) is 0 Å². The van der Waals surface area contributed by atoms with E-state index in [1.54, 1.807) is 0 Å². The highest BCUT2D eigenvalue weighted by Gasteiger charge is 2.35. The second kappa shape index (κ2) is 5.01. The van der Waals surface area contributed by atoms with Crippen LogP contribution in [0.4, 0.5) is 0 Å². The second-order valence-electron chi connectivity index (χ2n) is 4.02. The zero-order valence-electron chi connectivity index (χ0n) is 9.66. The highest BCUT2D eigenvalue weighted by molar-refractivity contribution is 7.87. The molecule has 0 unspecified atom stereocenters. The van der Waals surface area contributed by atoms with Crippen molar-refractivity contribution in [1.82, 2.24) is 5.32 Å². The SMILES string of the molecule is CC(=O)CC(=O)NC1C=CC(N)(S(=O)(=O)O)C=C1. The smallest absolute Gasteiger partial charge is 0.291 e. The molecule has 1 aliphatic rings. The van der Waals surface area contributed by atoms with Crippen LogP contribution in [-0.4, -0.2) is 35.6 Å². The van der Waals surface area contributed by atoms with Gasteiger partial charge in [-0.1, -0.05) is 12.2 Å². The van der Waals surface area contributed by atoms with E-state index in [9.17, 15) is 18.0 Å². The molecule has 0 heterocycles. The molecule has 4 N–H and O–H groups in total. The van der Waals surface area contributed by atoms with Gasteiger partial charge in [0.15, 0.2) is 4.87 Å². The Morgan fingerprint density at radius 1 is 1.39 bits per heavy atom. The van der Waals surface area contributed by atoms with E-state index in [2.05, 4.69) is 5.32 Å². The predicted molar refractivity (Wildman–Crippen MR) is 64.0 cm³/mol. The van der Waals surface area contributed by atoms with Crippen molar-refractivity contribution < 1.29 is 22.6 Å². The first kappa shape index (κ1) is 14.6. The van der Waals surface area contributed by atoms with Crippen LogP contribution in [-0.2, 0) is 19.7 Å². The zero-order chi connectivity index (χ0) is 14.0. The topological polar surface area (TPSA) is 127 Å². The van der Waals surface area contributed by atoms with E-state index in [1.807, 2.05) is 0 Å². The Hall–Kier alpha value is -1.51. The molecule has 0 aromatic rings. The highest BCUT2D eigenvalue weighted by atomic mass is 32.2. The van der Waals surface area contributed by atoms with Gasteiger partial charge in [-0.25, -0.2) is 0 Å². The van der Waals surface area contributed by atoms with Crippen molar-refractivity contribution in [3.05, 3.63) is 24.3 Å². The number of carbonyl (C=O) groups is 2. The molecule has 0 aliphatic heterocycles. The standard InChI is InChI=1S/C10H14N2O5S/c1-7(13)6-9(14)12-8-2-4-10(11,5-3-8)18(15,16)17/h2-5,8H,6,11H2,1H3,(H,12,14)(H,15,16,17). The summed E-state index contributed by atoms with van der Waals surface area (Å²) >= 11 is 0. The number of nitrogens with two attached hydrogens (primary N) is 1. The van der Waals surface area contributed by atoms with E-state index in [4.69, 9.17) is 10.3 Å². The molecule has 100 valence electrons. The summed E-state index contributed by atoms with van der Waals surface area (Å²) in [5.41, 5.74) is 5.43. The van der Waals surface area contributed by atoms with E-state index in [-0.39, 0.29) is 12.2 Å². The lowest BCUT2D eigenvalue weighted by Crippen LogP contribution is -2.47. The largest absolute Gasteiger partial charge is 0.346 e. The summed E-state index contributed by atoms with van der Waals surface area (Å²) in [6, 6.07) is -0.560. The third kappa shape index (κ3) is 3.49. The summed E-state index contributed by atoms with van der Waals surface area (Å²) in [7, 11) is -4.46. The van der Waals surface area contributed by atoms with Crippen LogP contribution in [0.1, 0.15) is 13.3 Å². The lowest BCUT2D eigenvalue weighted by Gasteiger charge is -2.23. The van der Waals surface area contributed by atoms with Crippen molar-refractivity contribution in [2.75, 3.05) is 0 Å². The number of hydrogen-bond acceptors (Lipinski definition) is 5. The summed E-state index contributed by atoms with van der Waals surface area (Å²) < 4.78 is 30.9. The number of rotatable bonds is 4. The van der Waals surface area contributed by atoms with Crippen molar-refractivity contribution in [3.8, 4) is 0 Å². The fourth-order valence-electron chi connectivity index (χ4n) is 1.36. The van der Waals surface area contributed by atoms with Gasteiger partial charge in [-0.05, 0) is 19.1 Å². The van der Waals surface area contributed by atoms with Crippen molar-refractivity contribution in [1.29, 1.82) is 0 Å². The Kier molecular flexibility index (Phi) is 4.05. The summed E-state index contributed by atoms with van der Waals surface area (Å²) in [6.45, 7) is 1.29. The van der Waals surface area contributed by atoms with Gasteiger partial charge in [-0.2, -0.15) is 8.42 Å². The lowest BCUT2D eigenvalue weighted by atomic mass is 10.1. The minimum absolute atomic E-state index is 0.246. The average molecular weight is 274 g/mol. The molecule has 0 aromatic heterocycles. The normalized spacial score (nSPS) is 26.9. The molecular weight excluding hydrogens is 260 g/mol. The molecule has 18 heavy (non-hydrogen) atoms. The Balaban J connectivity index is 2.69. The molecule has 1 amide bonds. The molecule has 1 rings (SSSR count). The van der Waals surface area contributed by atoms with Crippen LogP contribution in [0.15, 0.2) is 24.3 Å². The van der Waals surface area contributed by atoms with E-state index < -0.39 is 26.9 Å². The minimum atomic E-state index is -4.46. The fourth-order valence-corrected chi connectivity index (χ4v) is 1.86. The molecular formula is C10H14N2O5S. The average Bonchev–Trinajstić information content (AvgIpc) is 2.18. The van der Waals surface area contributed by atoms with E-state index in [1.165, 1.54) is 19.1 Å². The van der Waals surface area contributed by atoms with Gasteiger partial charge in [0.05, 0.1) is 12.5 Å². The van der Waals surface area contributed by atoms with Crippen LogP contribution in [0.5, 0.6) is 0 Å². The maximum atomic E-state index is 11.3. The van der Waals surface area contributed by atoms with Crippen molar-refractivity contribution in [2.24, 2.45) is 5.73 Å². The zero-order valence-corrected chi connectivity index (χ0v) is 10.5. The molecule has 0 spiro atoms. The Labute approximate surface area is 104 Å². The van der Waals surface area contributed by atoms with Crippen molar-refractivity contribution >= 4 is 21.8 Å². The molecule has 0 saturated carbocycles. The summed E-state index contributed by atoms with van der Waals surface area (Å²) in [4.78, 5) is 20.0. The molecule has 0 radical (unpaired) electrons. The van der Waals surface area contributed by atoms with Crippen LogP contribution in [0.25, 0.3) is 0 Å². The number of amides is 1. The lowest BCUT2D eigenvalue weighted by molar-refractivity contribution is -0.127. The van der Waals surface area contributed by atoms with E-state index in [0.717, 1.165) is 12.2 Å². The molecule has 0 saturated heterocycles. The molecule has 1 aliphatic carbocycles. The third-order valence-corrected chi connectivity index (χ3v) is 3.48. The van der Waals surface area contributed by atoms with Crippen molar-refractivity contribution in [2.45, 2.75) is 24.3 Å². The first-order valence-electron chi connectivity index (χ1n) is 5.07. The monoisotopic (exact) mass is 274 g/mol. The van der Waals surface area contributed by atoms with Crippen LogP contribution in [0.3, 0.4) is 0 Å². The van der Waals surface area contributed by atoms with Gasteiger partial charge in [-0.15, -0.1) is 0 Å². The van der Waals surface area contributed by atoms with Gasteiger partial charge in [-0.3, -0.25) is 14.1 Å². The van der Waals surface area contributed by atoms with Crippen molar-refractivity contribution in [3.63, 3.8) is 0 Å². The fraction of sp³-hybridized carbons (Fsp3) is 0.400. The first-order chi connectivity index (χ1) is 8.14.